The molecule has 0 radical (unpaired) electrons. The minimum Gasteiger partial charge on any atom is -0.326 e. The molecule has 26 heavy (non-hydrogen) atoms. The van der Waals surface area contributed by atoms with Gasteiger partial charge in [-0.25, -0.2) is 9.37 Å². The Kier molecular flexibility index (Phi) is 6.06. The van der Waals surface area contributed by atoms with Crippen molar-refractivity contribution in [3.8, 4) is 0 Å². The molecule has 0 aliphatic rings. The van der Waals surface area contributed by atoms with Crippen LogP contribution in [0.2, 0.25) is 0 Å². The molecular weight excluding hydrogens is 367 g/mol. The van der Waals surface area contributed by atoms with E-state index < -0.39 is 0 Å². The van der Waals surface area contributed by atoms with Gasteiger partial charge in [0.05, 0.1) is 12.1 Å². The molecule has 0 aliphatic carbocycles. The van der Waals surface area contributed by atoms with E-state index in [0.717, 1.165) is 15.8 Å². The molecule has 0 aliphatic heterocycles. The minimum atomic E-state index is -0.374. The van der Waals surface area contributed by atoms with Gasteiger partial charge in [-0.2, -0.15) is 0 Å². The molecule has 0 fully saturated rings. The summed E-state index contributed by atoms with van der Waals surface area (Å²) in [4.78, 5) is 16.6. The van der Waals surface area contributed by atoms with Crippen LogP contribution in [0.15, 0.2) is 52.2 Å². The largest absolute Gasteiger partial charge is 0.326 e. The van der Waals surface area contributed by atoms with E-state index in [1.807, 2.05) is 5.38 Å². The molecule has 3 nitrogen and oxygen atoms in total. The van der Waals surface area contributed by atoms with E-state index in [2.05, 4.69) is 42.3 Å². The van der Waals surface area contributed by atoms with Gasteiger partial charge in [0, 0.05) is 16.8 Å². The Balaban J connectivity index is 1.56. The molecule has 6 heteroatoms. The lowest BCUT2D eigenvalue weighted by molar-refractivity contribution is -0.115. The number of thiazole rings is 1. The Bertz CT molecular complexity index is 924. The number of thioether (sulfide) groups is 1. The Morgan fingerprint density at radius 1 is 1.23 bits per heavy atom. The van der Waals surface area contributed by atoms with E-state index >= 15 is 0 Å². The number of halogens is 1. The summed E-state index contributed by atoms with van der Waals surface area (Å²) in [7, 11) is 0. The third-order valence-corrected chi connectivity index (χ3v) is 5.96. The van der Waals surface area contributed by atoms with Crippen molar-refractivity contribution in [2.45, 2.75) is 30.4 Å². The Labute approximate surface area is 160 Å². The van der Waals surface area contributed by atoms with Gasteiger partial charge in [0.2, 0.25) is 5.91 Å². The SMILES string of the molecule is Cc1ccc(C)c(CSc2nc(CC(=O)Nc3cccc(F)c3)cs2)c1. The Hall–Kier alpha value is -2.18. The zero-order valence-electron chi connectivity index (χ0n) is 14.6. The second-order valence-electron chi connectivity index (χ2n) is 6.06. The van der Waals surface area contributed by atoms with Gasteiger partial charge >= 0.3 is 0 Å². The average molecular weight is 387 g/mol. The number of carbonyl (C=O) groups excluding carboxylic acids is 1. The van der Waals surface area contributed by atoms with E-state index in [1.54, 1.807) is 35.2 Å². The average Bonchev–Trinajstić information content (AvgIpc) is 3.03. The predicted octanol–water partition coefficient (Wildman–Crippen LogP) is 5.37. The van der Waals surface area contributed by atoms with Gasteiger partial charge in [-0.15, -0.1) is 11.3 Å². The first-order valence-corrected chi connectivity index (χ1v) is 10.0. The summed E-state index contributed by atoms with van der Waals surface area (Å²) in [6.07, 6.45) is 0.178. The second kappa shape index (κ2) is 8.47. The summed E-state index contributed by atoms with van der Waals surface area (Å²) in [6, 6.07) is 12.3. The van der Waals surface area contributed by atoms with Crippen LogP contribution in [0.25, 0.3) is 0 Å². The maximum absolute atomic E-state index is 13.2. The highest BCUT2D eigenvalue weighted by Gasteiger charge is 2.10. The van der Waals surface area contributed by atoms with Crippen molar-refractivity contribution in [1.29, 1.82) is 0 Å². The lowest BCUT2D eigenvalue weighted by Crippen LogP contribution is -2.14. The molecule has 1 heterocycles. The van der Waals surface area contributed by atoms with Gasteiger partial charge in [-0.3, -0.25) is 4.79 Å². The monoisotopic (exact) mass is 386 g/mol. The van der Waals surface area contributed by atoms with Crippen molar-refractivity contribution in [2.24, 2.45) is 0 Å². The molecule has 1 aromatic heterocycles. The van der Waals surface area contributed by atoms with Crippen LogP contribution in [0.3, 0.4) is 0 Å². The van der Waals surface area contributed by atoms with E-state index in [0.29, 0.717) is 5.69 Å². The van der Waals surface area contributed by atoms with Gasteiger partial charge in [0.25, 0.3) is 0 Å². The number of carbonyl (C=O) groups is 1. The molecule has 0 bridgehead atoms. The number of hydrogen-bond donors (Lipinski definition) is 1. The molecule has 0 unspecified atom stereocenters. The Morgan fingerprint density at radius 3 is 2.88 bits per heavy atom. The smallest absolute Gasteiger partial charge is 0.230 e. The molecule has 0 saturated carbocycles. The molecular formula is C20H19FN2OS2. The molecule has 3 rings (SSSR count). The van der Waals surface area contributed by atoms with Gasteiger partial charge in [0.1, 0.15) is 10.2 Å². The number of benzene rings is 2. The fourth-order valence-electron chi connectivity index (χ4n) is 2.47. The van der Waals surface area contributed by atoms with Gasteiger partial charge in [-0.05, 0) is 43.2 Å². The first kappa shape index (κ1) is 18.6. The number of nitrogens with zero attached hydrogens (tertiary/aromatic N) is 1. The van der Waals surface area contributed by atoms with Gasteiger partial charge in [-0.1, -0.05) is 41.6 Å². The van der Waals surface area contributed by atoms with E-state index in [9.17, 15) is 9.18 Å². The standard InChI is InChI=1S/C20H19FN2OS2/c1-13-6-7-14(2)15(8-13)11-25-20-23-18(12-26-20)10-19(24)22-17-5-3-4-16(21)9-17/h3-9,12H,10-11H2,1-2H3,(H,22,24). The minimum absolute atomic E-state index is 0.178. The maximum Gasteiger partial charge on any atom is 0.230 e. The van der Waals surface area contributed by atoms with Crippen molar-refractivity contribution >= 4 is 34.7 Å². The third kappa shape index (κ3) is 5.16. The molecule has 3 aromatic rings. The van der Waals surface area contributed by atoms with E-state index in [1.165, 1.54) is 28.8 Å². The Morgan fingerprint density at radius 2 is 2.08 bits per heavy atom. The number of aryl methyl sites for hydroxylation is 2. The highest BCUT2D eigenvalue weighted by atomic mass is 32.2. The number of hydrogen-bond acceptors (Lipinski definition) is 4. The highest BCUT2D eigenvalue weighted by Crippen LogP contribution is 2.28. The predicted molar refractivity (Wildman–Crippen MR) is 106 cm³/mol. The summed E-state index contributed by atoms with van der Waals surface area (Å²) < 4.78 is 14.1. The van der Waals surface area contributed by atoms with Crippen LogP contribution in [0.4, 0.5) is 10.1 Å². The molecule has 1 N–H and O–H groups in total. The highest BCUT2D eigenvalue weighted by molar-refractivity contribution is 8.00. The molecule has 1 amide bonds. The number of aromatic nitrogens is 1. The molecule has 0 atom stereocenters. The molecule has 0 spiro atoms. The van der Waals surface area contributed by atoms with Crippen LogP contribution >= 0.6 is 23.1 Å². The topological polar surface area (TPSA) is 42.0 Å². The number of anilines is 1. The van der Waals surface area contributed by atoms with Crippen LogP contribution in [-0.2, 0) is 17.0 Å². The molecule has 2 aromatic carbocycles. The number of amides is 1. The molecule has 0 saturated heterocycles. The lowest BCUT2D eigenvalue weighted by atomic mass is 10.1. The second-order valence-corrected chi connectivity index (χ2v) is 8.14. The number of rotatable bonds is 6. The van der Waals surface area contributed by atoms with Crippen molar-refractivity contribution in [1.82, 2.24) is 4.98 Å². The fourth-order valence-corrected chi connectivity index (χ4v) is 4.37. The van der Waals surface area contributed by atoms with Gasteiger partial charge in [0.15, 0.2) is 0 Å². The first-order chi connectivity index (χ1) is 12.5. The van der Waals surface area contributed by atoms with Crippen LogP contribution in [0.1, 0.15) is 22.4 Å². The zero-order valence-corrected chi connectivity index (χ0v) is 16.2. The summed E-state index contributed by atoms with van der Waals surface area (Å²) in [5.41, 5.74) is 5.01. The molecule has 134 valence electrons. The summed E-state index contributed by atoms with van der Waals surface area (Å²) in [5, 5.41) is 4.59. The third-order valence-electron chi connectivity index (χ3n) is 3.84. The fraction of sp³-hybridized carbons (Fsp3) is 0.200. The van der Waals surface area contributed by atoms with Crippen molar-refractivity contribution in [3.05, 3.63) is 76.0 Å². The van der Waals surface area contributed by atoms with Gasteiger partial charge < -0.3 is 5.32 Å². The quantitative estimate of drug-likeness (QED) is 0.579. The maximum atomic E-state index is 13.2. The van der Waals surface area contributed by atoms with Crippen molar-refractivity contribution in [2.75, 3.05) is 5.32 Å². The van der Waals surface area contributed by atoms with Crippen molar-refractivity contribution < 1.29 is 9.18 Å². The number of nitrogens with one attached hydrogen (secondary N) is 1. The van der Waals surface area contributed by atoms with Crippen molar-refractivity contribution in [3.63, 3.8) is 0 Å². The van der Waals surface area contributed by atoms with E-state index in [-0.39, 0.29) is 18.1 Å². The lowest BCUT2D eigenvalue weighted by Gasteiger charge is -2.05. The zero-order chi connectivity index (χ0) is 18.5. The van der Waals surface area contributed by atoms with Crippen LogP contribution in [0.5, 0.6) is 0 Å². The van der Waals surface area contributed by atoms with Crippen LogP contribution in [0, 0.1) is 19.7 Å². The summed E-state index contributed by atoms with van der Waals surface area (Å²) in [5.74, 6) is 0.282. The van der Waals surface area contributed by atoms with E-state index in [4.69, 9.17) is 0 Å². The van der Waals surface area contributed by atoms with Crippen LogP contribution < -0.4 is 5.32 Å². The summed E-state index contributed by atoms with van der Waals surface area (Å²) in [6.45, 7) is 4.20. The van der Waals surface area contributed by atoms with Crippen LogP contribution in [-0.4, -0.2) is 10.9 Å². The summed E-state index contributed by atoms with van der Waals surface area (Å²) >= 11 is 3.22. The normalized spacial score (nSPS) is 10.7. The first-order valence-electron chi connectivity index (χ1n) is 8.18.